The number of hydrogen-bond donors (Lipinski definition) is 1. The van der Waals surface area contributed by atoms with Crippen LogP contribution >= 0.6 is 15.9 Å². The molecule has 0 aliphatic carbocycles. The second-order valence-corrected chi connectivity index (χ2v) is 8.05. The summed E-state index contributed by atoms with van der Waals surface area (Å²) in [5, 5.41) is 14.3. The van der Waals surface area contributed by atoms with E-state index in [1.165, 1.54) is 0 Å². The molecule has 1 amide bonds. The molecule has 4 rings (SSSR count). The normalized spacial score (nSPS) is 11.1. The third-order valence-electron chi connectivity index (χ3n) is 4.91. The topological polar surface area (TPSA) is 62.1 Å². The zero-order chi connectivity index (χ0) is 22.3. The minimum atomic E-state index is -0.445. The number of rotatable bonds is 6. The van der Waals surface area contributed by atoms with Crippen molar-refractivity contribution in [2.75, 3.05) is 5.32 Å². The Hall–Kier alpha value is -3.88. The summed E-state index contributed by atoms with van der Waals surface area (Å²) in [6.07, 6.45) is 1.57. The molecule has 0 aliphatic rings. The van der Waals surface area contributed by atoms with Crippen molar-refractivity contribution < 1.29 is 9.53 Å². The third-order valence-corrected chi connectivity index (χ3v) is 5.44. The number of amides is 1. The lowest BCUT2D eigenvalue weighted by atomic mass is 10.1. The Balaban J connectivity index is 1.44. The van der Waals surface area contributed by atoms with E-state index in [0.717, 1.165) is 26.4 Å². The van der Waals surface area contributed by atoms with Gasteiger partial charge in [0, 0.05) is 15.5 Å². The molecule has 0 radical (unpaired) electrons. The number of fused-ring (bicyclic) bond motifs is 1. The number of nitriles is 1. The van der Waals surface area contributed by atoms with Gasteiger partial charge in [0.25, 0.3) is 5.91 Å². The largest absolute Gasteiger partial charge is 0.489 e. The fourth-order valence-electron chi connectivity index (χ4n) is 3.25. The summed E-state index contributed by atoms with van der Waals surface area (Å²) in [5.74, 6) is 0.267. The zero-order valence-electron chi connectivity index (χ0n) is 17.1. The van der Waals surface area contributed by atoms with Crippen LogP contribution in [0.1, 0.15) is 11.1 Å². The molecule has 0 heterocycles. The summed E-state index contributed by atoms with van der Waals surface area (Å²) in [4.78, 5) is 12.7. The van der Waals surface area contributed by atoms with Gasteiger partial charge in [-0.1, -0.05) is 76.6 Å². The maximum atomic E-state index is 12.7. The van der Waals surface area contributed by atoms with Crippen molar-refractivity contribution >= 4 is 44.4 Å². The van der Waals surface area contributed by atoms with Gasteiger partial charge in [0.05, 0.1) is 0 Å². The number of ether oxygens (including phenoxy) is 1. The zero-order valence-corrected chi connectivity index (χ0v) is 18.7. The van der Waals surface area contributed by atoms with Crippen LogP contribution in [0.25, 0.3) is 16.8 Å². The number of halogens is 1. The third kappa shape index (κ3) is 5.23. The van der Waals surface area contributed by atoms with E-state index in [1.54, 1.807) is 6.08 Å². The molecule has 0 saturated heterocycles. The van der Waals surface area contributed by atoms with Crippen molar-refractivity contribution in [2.24, 2.45) is 0 Å². The molecule has 0 atom stereocenters. The highest BCUT2D eigenvalue weighted by Crippen LogP contribution is 2.24. The molecule has 1 N–H and O–H groups in total. The molecular formula is C27H19BrN2O2. The van der Waals surface area contributed by atoms with Gasteiger partial charge in [-0.15, -0.1) is 0 Å². The first-order valence-corrected chi connectivity index (χ1v) is 10.8. The number of benzene rings is 4. The molecule has 32 heavy (non-hydrogen) atoms. The first kappa shape index (κ1) is 21.4. The van der Waals surface area contributed by atoms with E-state index in [1.807, 2.05) is 97.1 Å². The Kier molecular flexibility index (Phi) is 6.64. The van der Waals surface area contributed by atoms with E-state index < -0.39 is 5.91 Å². The monoisotopic (exact) mass is 482 g/mol. The van der Waals surface area contributed by atoms with Crippen molar-refractivity contribution in [2.45, 2.75) is 6.61 Å². The molecule has 0 aliphatic heterocycles. The predicted octanol–water partition coefficient (Wildman–Crippen LogP) is 6.73. The fraction of sp³-hybridized carbons (Fsp3) is 0.0370. The Labute approximate surface area is 194 Å². The lowest BCUT2D eigenvalue weighted by Gasteiger charge is -2.09. The molecule has 4 nitrogen and oxygen atoms in total. The Morgan fingerprint density at radius 1 is 0.938 bits per heavy atom. The first-order valence-electron chi connectivity index (χ1n) is 10.0. The van der Waals surface area contributed by atoms with Gasteiger partial charge in [0.15, 0.2) is 0 Å². The fourth-order valence-corrected chi connectivity index (χ4v) is 3.51. The van der Waals surface area contributed by atoms with Crippen molar-refractivity contribution in [3.63, 3.8) is 0 Å². The van der Waals surface area contributed by atoms with Gasteiger partial charge in [-0.05, 0) is 52.9 Å². The summed E-state index contributed by atoms with van der Waals surface area (Å²) < 4.78 is 6.83. The maximum absolute atomic E-state index is 12.7. The molecule has 0 unspecified atom stereocenters. The highest BCUT2D eigenvalue weighted by atomic mass is 79.9. The van der Waals surface area contributed by atoms with Crippen molar-refractivity contribution in [1.29, 1.82) is 5.26 Å². The van der Waals surface area contributed by atoms with Crippen LogP contribution in [0.5, 0.6) is 5.75 Å². The van der Waals surface area contributed by atoms with E-state index in [0.29, 0.717) is 18.0 Å². The van der Waals surface area contributed by atoms with Gasteiger partial charge in [0.1, 0.15) is 24.0 Å². The Bertz CT molecular complexity index is 1320. The van der Waals surface area contributed by atoms with Crippen LogP contribution in [-0.4, -0.2) is 5.91 Å². The van der Waals surface area contributed by atoms with E-state index in [-0.39, 0.29) is 5.57 Å². The molecule has 0 saturated carbocycles. The average molecular weight is 483 g/mol. The number of hydrogen-bond acceptors (Lipinski definition) is 3. The molecule has 0 fully saturated rings. The number of carbonyl (C=O) groups excluding carboxylic acids is 1. The van der Waals surface area contributed by atoms with Crippen molar-refractivity contribution in [1.82, 2.24) is 0 Å². The van der Waals surface area contributed by atoms with Crippen molar-refractivity contribution in [3.8, 4) is 11.8 Å². The second kappa shape index (κ2) is 9.95. The summed E-state index contributed by atoms with van der Waals surface area (Å²) in [7, 11) is 0. The van der Waals surface area contributed by atoms with E-state index in [4.69, 9.17) is 4.74 Å². The summed E-state index contributed by atoms with van der Waals surface area (Å²) in [5.41, 5.74) is 2.51. The van der Waals surface area contributed by atoms with Crippen molar-refractivity contribution in [3.05, 3.63) is 112 Å². The average Bonchev–Trinajstić information content (AvgIpc) is 2.83. The Morgan fingerprint density at radius 3 is 2.41 bits per heavy atom. The summed E-state index contributed by atoms with van der Waals surface area (Å²) in [6.45, 7) is 0.458. The predicted molar refractivity (Wildman–Crippen MR) is 131 cm³/mol. The van der Waals surface area contributed by atoms with E-state index in [2.05, 4.69) is 21.2 Å². The lowest BCUT2D eigenvalue weighted by molar-refractivity contribution is -0.112. The molecule has 4 aromatic carbocycles. The number of nitrogens with zero attached hydrogens (tertiary/aromatic N) is 1. The number of nitrogens with one attached hydrogen (secondary N) is 1. The van der Waals surface area contributed by atoms with Crippen LogP contribution in [0.15, 0.2) is 101 Å². The van der Waals surface area contributed by atoms with Gasteiger partial charge in [-0.3, -0.25) is 4.79 Å². The van der Waals surface area contributed by atoms with E-state index in [9.17, 15) is 10.1 Å². The second-order valence-electron chi connectivity index (χ2n) is 7.13. The molecule has 4 aromatic rings. The van der Waals surface area contributed by atoms with Gasteiger partial charge in [-0.25, -0.2) is 0 Å². The van der Waals surface area contributed by atoms with Crippen LogP contribution in [0.4, 0.5) is 5.69 Å². The molecule has 156 valence electrons. The highest BCUT2D eigenvalue weighted by Gasteiger charge is 2.11. The number of anilines is 1. The number of carbonyl (C=O) groups is 1. The van der Waals surface area contributed by atoms with Gasteiger partial charge >= 0.3 is 0 Å². The molecule has 0 aromatic heterocycles. The first-order chi connectivity index (χ1) is 15.6. The minimum Gasteiger partial charge on any atom is -0.489 e. The molecular weight excluding hydrogens is 464 g/mol. The molecule has 0 spiro atoms. The van der Waals surface area contributed by atoms with Crippen LogP contribution in [0.3, 0.4) is 0 Å². The highest BCUT2D eigenvalue weighted by molar-refractivity contribution is 9.10. The standard InChI is InChI=1S/C27H19BrN2O2/c28-23-12-8-20(9-13-23)18-32-24-14-10-19(11-15-24)16-22(17-29)27(31)30-26-7-3-5-21-4-1-2-6-25(21)26/h1-16H,18H2,(H,30,31)/b22-16+. The van der Waals surface area contributed by atoms with Gasteiger partial charge in [-0.2, -0.15) is 5.26 Å². The lowest BCUT2D eigenvalue weighted by Crippen LogP contribution is -2.13. The quantitative estimate of drug-likeness (QED) is 0.244. The SMILES string of the molecule is N#C/C(=C\c1ccc(OCc2ccc(Br)cc2)cc1)C(=O)Nc1cccc2ccccc12. The Morgan fingerprint density at radius 2 is 1.66 bits per heavy atom. The van der Waals surface area contributed by atoms with Crippen LogP contribution in [0, 0.1) is 11.3 Å². The maximum Gasteiger partial charge on any atom is 0.266 e. The van der Waals surface area contributed by atoms with Crippen LogP contribution in [-0.2, 0) is 11.4 Å². The summed E-state index contributed by atoms with van der Waals surface area (Å²) in [6, 6.07) is 30.7. The minimum absolute atomic E-state index is 0.0291. The van der Waals surface area contributed by atoms with Crippen LogP contribution < -0.4 is 10.1 Å². The molecule has 0 bridgehead atoms. The molecule has 5 heteroatoms. The van der Waals surface area contributed by atoms with E-state index >= 15 is 0 Å². The van der Waals surface area contributed by atoms with Gasteiger partial charge < -0.3 is 10.1 Å². The summed E-state index contributed by atoms with van der Waals surface area (Å²) >= 11 is 3.42. The van der Waals surface area contributed by atoms with Gasteiger partial charge in [0.2, 0.25) is 0 Å². The van der Waals surface area contributed by atoms with Crippen LogP contribution in [0.2, 0.25) is 0 Å². The smallest absolute Gasteiger partial charge is 0.266 e.